The van der Waals surface area contributed by atoms with Crippen molar-refractivity contribution in [2.45, 2.75) is 12.5 Å². The number of carbonyl (C=O) groups excluding carboxylic acids is 2. The summed E-state index contributed by atoms with van der Waals surface area (Å²) >= 11 is 3.34. The van der Waals surface area contributed by atoms with Crippen molar-refractivity contribution in [2.24, 2.45) is 11.5 Å². The second kappa shape index (κ2) is 6.59. The molecule has 1 heterocycles. The number of primary amides is 1. The van der Waals surface area contributed by atoms with Crippen LogP contribution in [0.2, 0.25) is 0 Å². The molecule has 1 aromatic heterocycles. The molecule has 0 bridgehead atoms. The molecule has 0 saturated heterocycles. The quantitative estimate of drug-likeness (QED) is 0.656. The summed E-state index contributed by atoms with van der Waals surface area (Å²) in [6, 6.07) is 13.6. The molecule has 3 aromatic rings. The van der Waals surface area contributed by atoms with Gasteiger partial charge in [0.1, 0.15) is 5.58 Å². The van der Waals surface area contributed by atoms with Gasteiger partial charge in [0, 0.05) is 27.9 Å². The van der Waals surface area contributed by atoms with Crippen LogP contribution in [0.5, 0.6) is 0 Å². The second-order valence-electron chi connectivity index (χ2n) is 5.52. The average molecular weight is 387 g/mol. The topological polar surface area (TPSA) is 99.3 Å². The minimum atomic E-state index is -0.479. The summed E-state index contributed by atoms with van der Waals surface area (Å²) in [7, 11) is 0. The molecule has 6 heteroatoms. The van der Waals surface area contributed by atoms with E-state index in [1.165, 1.54) is 0 Å². The molecule has 3 rings (SSSR count). The van der Waals surface area contributed by atoms with Crippen molar-refractivity contribution in [1.82, 2.24) is 0 Å². The zero-order valence-corrected chi connectivity index (χ0v) is 14.2. The van der Waals surface area contributed by atoms with Crippen molar-refractivity contribution < 1.29 is 14.0 Å². The molecule has 122 valence electrons. The predicted molar refractivity (Wildman–Crippen MR) is 94.5 cm³/mol. The molecule has 0 spiro atoms. The highest BCUT2D eigenvalue weighted by molar-refractivity contribution is 9.10. The second-order valence-corrected chi connectivity index (χ2v) is 6.44. The van der Waals surface area contributed by atoms with Crippen molar-refractivity contribution in [1.29, 1.82) is 0 Å². The number of halogens is 1. The van der Waals surface area contributed by atoms with E-state index in [1.807, 2.05) is 6.07 Å². The van der Waals surface area contributed by atoms with Crippen LogP contribution in [0.3, 0.4) is 0 Å². The van der Waals surface area contributed by atoms with E-state index in [2.05, 4.69) is 15.9 Å². The van der Waals surface area contributed by atoms with E-state index in [0.717, 1.165) is 15.4 Å². The van der Waals surface area contributed by atoms with Gasteiger partial charge in [-0.15, -0.1) is 0 Å². The molecular weight excluding hydrogens is 372 g/mol. The van der Waals surface area contributed by atoms with Gasteiger partial charge in [-0.3, -0.25) is 9.59 Å². The SMILES string of the molecule is NC(=O)CC(N)c1ccc2oc(C(=O)c3ccc(Br)cc3)cc2c1. The van der Waals surface area contributed by atoms with Gasteiger partial charge in [0.05, 0.1) is 0 Å². The molecule has 1 amide bonds. The number of hydrogen-bond donors (Lipinski definition) is 2. The summed E-state index contributed by atoms with van der Waals surface area (Å²) in [5.74, 6) is -0.393. The molecular formula is C18H15BrN2O3. The summed E-state index contributed by atoms with van der Waals surface area (Å²) in [6.07, 6.45) is 0.0635. The molecule has 5 nitrogen and oxygen atoms in total. The number of ketones is 1. The molecule has 2 aromatic carbocycles. The third-order valence-electron chi connectivity index (χ3n) is 3.72. The van der Waals surface area contributed by atoms with E-state index in [-0.39, 0.29) is 18.0 Å². The Labute approximate surface area is 146 Å². The minimum Gasteiger partial charge on any atom is -0.453 e. The zero-order valence-electron chi connectivity index (χ0n) is 12.7. The number of carbonyl (C=O) groups is 2. The third-order valence-corrected chi connectivity index (χ3v) is 4.25. The number of rotatable bonds is 5. The van der Waals surface area contributed by atoms with E-state index < -0.39 is 11.9 Å². The lowest BCUT2D eigenvalue weighted by Gasteiger charge is -2.09. The van der Waals surface area contributed by atoms with Crippen LogP contribution in [0.15, 0.2) is 57.4 Å². The summed E-state index contributed by atoms with van der Waals surface area (Å²) in [5, 5.41) is 0.757. The lowest BCUT2D eigenvalue weighted by atomic mass is 10.0. The van der Waals surface area contributed by atoms with Crippen molar-refractivity contribution in [2.75, 3.05) is 0 Å². The molecule has 4 N–H and O–H groups in total. The van der Waals surface area contributed by atoms with Gasteiger partial charge in [-0.1, -0.05) is 22.0 Å². The summed E-state index contributed by atoms with van der Waals surface area (Å²) in [5.41, 5.74) is 13.0. The Balaban J connectivity index is 1.92. The smallest absolute Gasteiger partial charge is 0.228 e. The first-order valence-corrected chi connectivity index (χ1v) is 8.11. The van der Waals surface area contributed by atoms with Crippen LogP contribution in [-0.4, -0.2) is 11.7 Å². The van der Waals surface area contributed by atoms with E-state index >= 15 is 0 Å². The molecule has 0 saturated carbocycles. The summed E-state index contributed by atoms with van der Waals surface area (Å²) < 4.78 is 6.54. The lowest BCUT2D eigenvalue weighted by Crippen LogP contribution is -2.20. The van der Waals surface area contributed by atoms with Crippen LogP contribution >= 0.6 is 15.9 Å². The molecule has 1 unspecified atom stereocenters. The molecule has 0 radical (unpaired) electrons. The van der Waals surface area contributed by atoms with Crippen LogP contribution in [0.25, 0.3) is 11.0 Å². The van der Waals surface area contributed by atoms with E-state index in [1.54, 1.807) is 42.5 Å². The average Bonchev–Trinajstić information content (AvgIpc) is 2.97. The highest BCUT2D eigenvalue weighted by Gasteiger charge is 2.16. The molecule has 24 heavy (non-hydrogen) atoms. The first-order chi connectivity index (χ1) is 11.4. The van der Waals surface area contributed by atoms with Gasteiger partial charge in [0.2, 0.25) is 11.7 Å². The first-order valence-electron chi connectivity index (χ1n) is 7.31. The van der Waals surface area contributed by atoms with Crippen LogP contribution in [0.1, 0.15) is 34.1 Å². The largest absolute Gasteiger partial charge is 0.453 e. The van der Waals surface area contributed by atoms with E-state index in [4.69, 9.17) is 15.9 Å². The van der Waals surface area contributed by atoms with Gasteiger partial charge >= 0.3 is 0 Å². The third kappa shape index (κ3) is 3.39. The molecule has 0 fully saturated rings. The Morgan fingerprint density at radius 3 is 2.46 bits per heavy atom. The van der Waals surface area contributed by atoms with Gasteiger partial charge < -0.3 is 15.9 Å². The molecule has 0 aliphatic heterocycles. The van der Waals surface area contributed by atoms with Gasteiger partial charge in [0.15, 0.2) is 5.76 Å². The van der Waals surface area contributed by atoms with Crippen LogP contribution < -0.4 is 11.5 Å². The highest BCUT2D eigenvalue weighted by atomic mass is 79.9. The monoisotopic (exact) mass is 386 g/mol. The van der Waals surface area contributed by atoms with Gasteiger partial charge in [-0.05, 0) is 48.0 Å². The number of hydrogen-bond acceptors (Lipinski definition) is 4. The Morgan fingerprint density at radius 1 is 1.08 bits per heavy atom. The highest BCUT2D eigenvalue weighted by Crippen LogP contribution is 2.26. The zero-order chi connectivity index (χ0) is 17.3. The van der Waals surface area contributed by atoms with E-state index in [0.29, 0.717) is 11.1 Å². The van der Waals surface area contributed by atoms with Crippen molar-refractivity contribution in [3.8, 4) is 0 Å². The van der Waals surface area contributed by atoms with Crippen molar-refractivity contribution >= 4 is 38.6 Å². The minimum absolute atomic E-state index is 0.0635. The maximum absolute atomic E-state index is 12.5. The maximum atomic E-state index is 12.5. The Morgan fingerprint density at radius 2 is 1.79 bits per heavy atom. The fourth-order valence-electron chi connectivity index (χ4n) is 2.48. The number of furan rings is 1. The Hall–Kier alpha value is -2.44. The molecule has 0 aliphatic carbocycles. The Kier molecular flexibility index (Phi) is 4.51. The van der Waals surface area contributed by atoms with Gasteiger partial charge in [-0.25, -0.2) is 0 Å². The van der Waals surface area contributed by atoms with E-state index in [9.17, 15) is 9.59 Å². The number of nitrogens with two attached hydrogens (primary N) is 2. The van der Waals surface area contributed by atoms with Gasteiger partial charge in [-0.2, -0.15) is 0 Å². The fraction of sp³-hybridized carbons (Fsp3) is 0.111. The number of benzene rings is 2. The molecule has 1 atom stereocenters. The number of fused-ring (bicyclic) bond motifs is 1. The van der Waals surface area contributed by atoms with Crippen LogP contribution in [0, 0.1) is 0 Å². The normalized spacial score (nSPS) is 12.2. The van der Waals surface area contributed by atoms with Crippen molar-refractivity contribution in [3.05, 3.63) is 69.9 Å². The number of amides is 1. The van der Waals surface area contributed by atoms with Crippen LogP contribution in [0.4, 0.5) is 0 Å². The van der Waals surface area contributed by atoms with Crippen LogP contribution in [-0.2, 0) is 4.79 Å². The summed E-state index contributed by atoms with van der Waals surface area (Å²) in [6.45, 7) is 0. The lowest BCUT2D eigenvalue weighted by molar-refractivity contribution is -0.118. The fourth-order valence-corrected chi connectivity index (χ4v) is 2.75. The molecule has 0 aliphatic rings. The Bertz CT molecular complexity index is 916. The van der Waals surface area contributed by atoms with Gasteiger partial charge in [0.25, 0.3) is 0 Å². The standard InChI is InChI=1S/C18H15BrN2O3/c19-13-4-1-10(2-5-13)18(23)16-8-12-7-11(3-6-15(12)24-16)14(20)9-17(21)22/h1-8,14H,9,20H2,(H2,21,22). The maximum Gasteiger partial charge on any atom is 0.228 e. The first kappa shape index (κ1) is 16.4. The van der Waals surface area contributed by atoms with Crippen molar-refractivity contribution in [3.63, 3.8) is 0 Å². The summed E-state index contributed by atoms with van der Waals surface area (Å²) in [4.78, 5) is 23.5. The predicted octanol–water partition coefficient (Wildman–Crippen LogP) is 3.30.